The van der Waals surface area contributed by atoms with E-state index in [-0.39, 0.29) is 11.6 Å². The minimum absolute atomic E-state index is 0.288. The Morgan fingerprint density at radius 2 is 2.06 bits per heavy atom. The van der Waals surface area contributed by atoms with E-state index in [1.165, 1.54) is 24.6 Å². The van der Waals surface area contributed by atoms with Crippen LogP contribution in [0.1, 0.15) is 31.7 Å². The third-order valence-electron chi connectivity index (χ3n) is 3.64. The fourth-order valence-corrected chi connectivity index (χ4v) is 3.32. The molecule has 1 aliphatic carbocycles. The lowest BCUT2D eigenvalue weighted by molar-refractivity contribution is 0.292. The van der Waals surface area contributed by atoms with Gasteiger partial charge in [-0.25, -0.2) is 8.78 Å². The molecule has 2 rings (SSSR count). The van der Waals surface area contributed by atoms with Gasteiger partial charge in [0.2, 0.25) is 0 Å². The van der Waals surface area contributed by atoms with Gasteiger partial charge in [0.05, 0.1) is 0 Å². The summed E-state index contributed by atoms with van der Waals surface area (Å²) in [4.78, 5) is 0.432. The van der Waals surface area contributed by atoms with Crippen LogP contribution in [-0.2, 0) is 6.42 Å². The Bertz CT molecular complexity index is 392. The fraction of sp³-hybridized carbons (Fsp3) is 0.571. The van der Waals surface area contributed by atoms with E-state index in [1.807, 2.05) is 0 Å². The monoisotopic (exact) mass is 302 g/mol. The van der Waals surface area contributed by atoms with Gasteiger partial charge in [-0.15, -0.1) is 0 Å². The summed E-state index contributed by atoms with van der Waals surface area (Å²) in [5.74, 6) is 0.459. The molecule has 0 heterocycles. The van der Waals surface area contributed by atoms with E-state index >= 15 is 0 Å². The summed E-state index contributed by atoms with van der Waals surface area (Å²) in [7, 11) is 0. The Morgan fingerprint density at radius 3 is 2.82 bits per heavy atom. The molecule has 0 nitrogen and oxygen atoms in total. The fourth-order valence-electron chi connectivity index (χ4n) is 2.66. The molecule has 0 radical (unpaired) electrons. The predicted octanol–water partition coefficient (Wildman–Crippen LogP) is 4.71. The van der Waals surface area contributed by atoms with Crippen molar-refractivity contribution in [3.63, 3.8) is 0 Å². The summed E-state index contributed by atoms with van der Waals surface area (Å²) in [5, 5.41) is 0. The molecule has 17 heavy (non-hydrogen) atoms. The molecule has 1 aromatic carbocycles. The van der Waals surface area contributed by atoms with Crippen molar-refractivity contribution in [2.45, 2.75) is 37.4 Å². The molecule has 0 N–H and O–H groups in total. The van der Waals surface area contributed by atoms with Crippen LogP contribution in [0.3, 0.4) is 0 Å². The molecule has 1 saturated carbocycles. The SMILES string of the molecule is CC1CCC(Br)C(Cc2cc(F)ccc2F)C1. The minimum atomic E-state index is -0.351. The Labute approximate surface area is 110 Å². The molecule has 0 bridgehead atoms. The Balaban J connectivity index is 2.11. The van der Waals surface area contributed by atoms with E-state index in [2.05, 4.69) is 22.9 Å². The molecule has 1 aliphatic rings. The smallest absolute Gasteiger partial charge is 0.126 e. The summed E-state index contributed by atoms with van der Waals surface area (Å²) >= 11 is 3.67. The summed E-state index contributed by atoms with van der Waals surface area (Å²) in [5.41, 5.74) is 0.508. The molecule has 0 amide bonds. The van der Waals surface area contributed by atoms with Crippen molar-refractivity contribution in [2.24, 2.45) is 11.8 Å². The van der Waals surface area contributed by atoms with E-state index in [0.717, 1.165) is 12.8 Å². The maximum absolute atomic E-state index is 13.6. The topological polar surface area (TPSA) is 0 Å². The van der Waals surface area contributed by atoms with Gasteiger partial charge in [-0.05, 0) is 61.3 Å². The van der Waals surface area contributed by atoms with Crippen molar-refractivity contribution < 1.29 is 8.78 Å². The van der Waals surface area contributed by atoms with Crippen molar-refractivity contribution in [1.29, 1.82) is 0 Å². The van der Waals surface area contributed by atoms with Gasteiger partial charge < -0.3 is 0 Å². The predicted molar refractivity (Wildman–Crippen MR) is 69.3 cm³/mol. The first kappa shape index (κ1) is 13.0. The van der Waals surface area contributed by atoms with E-state index in [9.17, 15) is 8.78 Å². The van der Waals surface area contributed by atoms with E-state index < -0.39 is 0 Å². The van der Waals surface area contributed by atoms with Crippen LogP contribution < -0.4 is 0 Å². The molecule has 3 heteroatoms. The molecule has 0 spiro atoms. The number of benzene rings is 1. The van der Waals surface area contributed by atoms with Gasteiger partial charge in [-0.2, -0.15) is 0 Å². The van der Waals surface area contributed by atoms with Gasteiger partial charge in [0.25, 0.3) is 0 Å². The van der Waals surface area contributed by atoms with E-state index in [4.69, 9.17) is 0 Å². The van der Waals surface area contributed by atoms with Gasteiger partial charge in [-0.1, -0.05) is 22.9 Å². The Kier molecular flexibility index (Phi) is 4.18. The zero-order valence-electron chi connectivity index (χ0n) is 9.93. The van der Waals surface area contributed by atoms with Crippen LogP contribution >= 0.6 is 15.9 Å². The van der Waals surface area contributed by atoms with Crippen LogP contribution in [0.15, 0.2) is 18.2 Å². The second kappa shape index (κ2) is 5.47. The normalized spacial score (nSPS) is 29.3. The number of hydrogen-bond donors (Lipinski definition) is 0. The molecule has 94 valence electrons. The highest BCUT2D eigenvalue weighted by Crippen LogP contribution is 2.35. The third-order valence-corrected chi connectivity index (χ3v) is 4.85. The van der Waals surface area contributed by atoms with Crippen LogP contribution in [-0.4, -0.2) is 4.83 Å². The quantitative estimate of drug-likeness (QED) is 0.694. The molecule has 1 aromatic rings. The molecular weight excluding hydrogens is 286 g/mol. The van der Waals surface area contributed by atoms with Crippen LogP contribution in [0.25, 0.3) is 0 Å². The second-order valence-electron chi connectivity index (χ2n) is 5.13. The van der Waals surface area contributed by atoms with E-state index in [1.54, 1.807) is 0 Å². The molecular formula is C14H17BrF2. The highest BCUT2D eigenvalue weighted by atomic mass is 79.9. The van der Waals surface area contributed by atoms with Gasteiger partial charge in [0.1, 0.15) is 11.6 Å². The summed E-state index contributed by atoms with van der Waals surface area (Å²) in [6.07, 6.45) is 4.07. The van der Waals surface area contributed by atoms with E-state index in [0.29, 0.717) is 28.6 Å². The van der Waals surface area contributed by atoms with Crippen LogP contribution in [0.4, 0.5) is 8.78 Å². The molecule has 1 fully saturated rings. The largest absolute Gasteiger partial charge is 0.207 e. The lowest BCUT2D eigenvalue weighted by Gasteiger charge is -2.31. The standard InChI is InChI=1S/C14H17BrF2/c1-9-2-4-13(15)10(6-9)7-11-8-12(16)3-5-14(11)17/h3,5,8-10,13H,2,4,6-7H2,1H3. The molecule has 0 saturated heterocycles. The van der Waals surface area contributed by atoms with Gasteiger partial charge in [0, 0.05) is 4.83 Å². The lowest BCUT2D eigenvalue weighted by Crippen LogP contribution is -2.26. The average molecular weight is 303 g/mol. The summed E-state index contributed by atoms with van der Waals surface area (Å²) in [6, 6.07) is 3.72. The highest BCUT2D eigenvalue weighted by Gasteiger charge is 2.27. The number of halogens is 3. The van der Waals surface area contributed by atoms with Crippen molar-refractivity contribution in [2.75, 3.05) is 0 Å². The van der Waals surface area contributed by atoms with Gasteiger partial charge >= 0.3 is 0 Å². The van der Waals surface area contributed by atoms with Crippen LogP contribution in [0, 0.1) is 23.5 Å². The Hall–Kier alpha value is -0.440. The zero-order valence-corrected chi connectivity index (χ0v) is 11.5. The number of hydrogen-bond acceptors (Lipinski definition) is 0. The van der Waals surface area contributed by atoms with Crippen LogP contribution in [0.5, 0.6) is 0 Å². The molecule has 3 atom stereocenters. The Morgan fingerprint density at radius 1 is 1.29 bits per heavy atom. The van der Waals surface area contributed by atoms with Gasteiger partial charge in [-0.3, -0.25) is 0 Å². The van der Waals surface area contributed by atoms with Crippen molar-refractivity contribution in [3.05, 3.63) is 35.4 Å². The number of rotatable bonds is 2. The van der Waals surface area contributed by atoms with Crippen molar-refractivity contribution in [1.82, 2.24) is 0 Å². The minimum Gasteiger partial charge on any atom is -0.207 e. The van der Waals surface area contributed by atoms with Crippen LogP contribution in [0.2, 0.25) is 0 Å². The highest BCUT2D eigenvalue weighted by molar-refractivity contribution is 9.09. The summed E-state index contributed by atoms with van der Waals surface area (Å²) in [6.45, 7) is 2.23. The maximum Gasteiger partial charge on any atom is 0.126 e. The zero-order chi connectivity index (χ0) is 12.4. The molecule has 0 aliphatic heterocycles. The third kappa shape index (κ3) is 3.27. The van der Waals surface area contributed by atoms with Crippen molar-refractivity contribution in [3.8, 4) is 0 Å². The first-order valence-corrected chi connectivity index (χ1v) is 7.06. The first-order chi connectivity index (χ1) is 8.06. The second-order valence-corrected chi connectivity index (χ2v) is 6.31. The van der Waals surface area contributed by atoms with Crippen molar-refractivity contribution >= 4 is 15.9 Å². The maximum atomic E-state index is 13.6. The number of alkyl halides is 1. The summed E-state index contributed by atoms with van der Waals surface area (Å²) < 4.78 is 26.7. The lowest BCUT2D eigenvalue weighted by atomic mass is 9.79. The first-order valence-electron chi connectivity index (χ1n) is 6.14. The molecule has 3 unspecified atom stereocenters. The van der Waals surface area contributed by atoms with Gasteiger partial charge in [0.15, 0.2) is 0 Å². The average Bonchev–Trinajstić information content (AvgIpc) is 2.28. The molecule has 0 aromatic heterocycles.